The third kappa shape index (κ3) is 3.98. The fraction of sp³-hybridized carbons (Fsp3) is 0.429. The minimum Gasteiger partial charge on any atom is -0.480 e. The predicted molar refractivity (Wildman–Crippen MR) is 74.3 cm³/mol. The highest BCUT2D eigenvalue weighted by Gasteiger charge is 2.32. The summed E-state index contributed by atoms with van der Waals surface area (Å²) in [6.07, 6.45) is 1.18. The van der Waals surface area contributed by atoms with Crippen LogP contribution < -0.4 is 10.6 Å². The molecule has 3 N–H and O–H groups in total. The molecule has 1 unspecified atom stereocenters. The molecular formula is C14H20N2O3. The molecule has 1 aromatic carbocycles. The summed E-state index contributed by atoms with van der Waals surface area (Å²) < 4.78 is 0. The summed E-state index contributed by atoms with van der Waals surface area (Å²) in [7, 11) is 0. The first-order valence-electron chi connectivity index (χ1n) is 6.32. The highest BCUT2D eigenvalue weighted by atomic mass is 16.4. The zero-order valence-corrected chi connectivity index (χ0v) is 11.5. The molecule has 0 aromatic heterocycles. The van der Waals surface area contributed by atoms with E-state index in [1.807, 2.05) is 25.1 Å². The number of carbonyl (C=O) groups is 2. The number of benzene rings is 1. The van der Waals surface area contributed by atoms with Crippen molar-refractivity contribution in [3.8, 4) is 0 Å². The van der Waals surface area contributed by atoms with Crippen molar-refractivity contribution >= 4 is 17.7 Å². The van der Waals surface area contributed by atoms with Gasteiger partial charge in [0.15, 0.2) is 0 Å². The van der Waals surface area contributed by atoms with Crippen molar-refractivity contribution in [2.75, 3.05) is 5.32 Å². The number of nitrogens with one attached hydrogen (secondary N) is 2. The summed E-state index contributed by atoms with van der Waals surface area (Å²) in [5, 5.41) is 14.2. The third-order valence-electron chi connectivity index (χ3n) is 3.16. The van der Waals surface area contributed by atoms with Crippen LogP contribution in [-0.2, 0) is 11.2 Å². The summed E-state index contributed by atoms with van der Waals surface area (Å²) in [4.78, 5) is 22.9. The second-order valence-corrected chi connectivity index (χ2v) is 4.62. The maximum Gasteiger partial charge on any atom is 0.329 e. The number of carboxylic acid groups (broad SMARTS) is 1. The first kappa shape index (κ1) is 15.0. The predicted octanol–water partition coefficient (Wildman–Crippen LogP) is 2.62. The lowest BCUT2D eigenvalue weighted by Crippen LogP contribution is -2.53. The third-order valence-corrected chi connectivity index (χ3v) is 3.16. The van der Waals surface area contributed by atoms with Crippen LogP contribution in [0.15, 0.2) is 24.3 Å². The maximum atomic E-state index is 11.8. The van der Waals surface area contributed by atoms with Gasteiger partial charge in [-0.15, -0.1) is 0 Å². The van der Waals surface area contributed by atoms with Crippen molar-refractivity contribution in [1.82, 2.24) is 5.32 Å². The van der Waals surface area contributed by atoms with E-state index in [-0.39, 0.29) is 0 Å². The molecule has 0 saturated heterocycles. The van der Waals surface area contributed by atoms with Gasteiger partial charge in [0.05, 0.1) is 0 Å². The molecule has 5 nitrogen and oxygen atoms in total. The summed E-state index contributed by atoms with van der Waals surface area (Å²) in [6.45, 7) is 5.22. The summed E-state index contributed by atoms with van der Waals surface area (Å²) in [6, 6.07) is 6.94. The average molecular weight is 264 g/mol. The van der Waals surface area contributed by atoms with E-state index in [2.05, 4.69) is 10.6 Å². The molecule has 0 aliphatic rings. The molecular weight excluding hydrogens is 244 g/mol. The van der Waals surface area contributed by atoms with Gasteiger partial charge in [-0.05, 0) is 37.5 Å². The van der Waals surface area contributed by atoms with Gasteiger partial charge in [-0.25, -0.2) is 9.59 Å². The summed E-state index contributed by atoms with van der Waals surface area (Å²) >= 11 is 0. The first-order valence-corrected chi connectivity index (χ1v) is 6.32. The average Bonchev–Trinajstić information content (AvgIpc) is 2.38. The van der Waals surface area contributed by atoms with Gasteiger partial charge < -0.3 is 15.7 Å². The van der Waals surface area contributed by atoms with E-state index in [1.54, 1.807) is 13.0 Å². The van der Waals surface area contributed by atoms with E-state index < -0.39 is 17.5 Å². The number of amides is 2. The van der Waals surface area contributed by atoms with Crippen molar-refractivity contribution < 1.29 is 14.7 Å². The molecule has 0 saturated carbocycles. The number of hydrogen-bond donors (Lipinski definition) is 3. The van der Waals surface area contributed by atoms with E-state index >= 15 is 0 Å². The lowest BCUT2D eigenvalue weighted by molar-refractivity contribution is -0.143. The summed E-state index contributed by atoms with van der Waals surface area (Å²) in [5.74, 6) is -1.05. The van der Waals surface area contributed by atoms with Gasteiger partial charge in [0, 0.05) is 5.69 Å². The van der Waals surface area contributed by atoms with Gasteiger partial charge in [0.1, 0.15) is 5.54 Å². The lowest BCUT2D eigenvalue weighted by atomic mass is 10.00. The number of anilines is 1. The van der Waals surface area contributed by atoms with Crippen LogP contribution in [-0.4, -0.2) is 22.6 Å². The number of urea groups is 1. The number of aryl methyl sites for hydroxylation is 1. The molecule has 0 aliphatic carbocycles. The maximum absolute atomic E-state index is 11.8. The van der Waals surface area contributed by atoms with Crippen LogP contribution in [0.4, 0.5) is 10.5 Å². The molecule has 2 amide bonds. The zero-order valence-electron chi connectivity index (χ0n) is 11.5. The number of carbonyl (C=O) groups excluding carboxylic acids is 1. The second kappa shape index (κ2) is 6.22. The molecule has 1 atom stereocenters. The quantitative estimate of drug-likeness (QED) is 0.765. The van der Waals surface area contributed by atoms with Crippen LogP contribution in [0.2, 0.25) is 0 Å². The van der Waals surface area contributed by atoms with E-state index in [0.29, 0.717) is 12.1 Å². The number of hydrogen-bond acceptors (Lipinski definition) is 2. The molecule has 104 valence electrons. The van der Waals surface area contributed by atoms with E-state index in [9.17, 15) is 9.59 Å². The van der Waals surface area contributed by atoms with E-state index in [0.717, 1.165) is 12.0 Å². The molecule has 0 aliphatic heterocycles. The fourth-order valence-electron chi connectivity index (χ4n) is 1.58. The van der Waals surface area contributed by atoms with Gasteiger partial charge in [-0.3, -0.25) is 0 Å². The Morgan fingerprint density at radius 2 is 2.00 bits per heavy atom. The monoisotopic (exact) mass is 264 g/mol. The molecule has 5 heteroatoms. The number of aliphatic carboxylic acids is 1. The lowest BCUT2D eigenvalue weighted by Gasteiger charge is -2.24. The number of rotatable bonds is 5. The van der Waals surface area contributed by atoms with Crippen molar-refractivity contribution in [3.63, 3.8) is 0 Å². The first-order chi connectivity index (χ1) is 8.91. The Hall–Kier alpha value is -2.04. The SMILES string of the molecule is CCc1cccc(NC(=O)NC(C)(CC)C(=O)O)c1. The molecule has 0 fully saturated rings. The molecule has 0 bridgehead atoms. The smallest absolute Gasteiger partial charge is 0.329 e. The Morgan fingerprint density at radius 1 is 1.32 bits per heavy atom. The van der Waals surface area contributed by atoms with Gasteiger partial charge in [-0.2, -0.15) is 0 Å². The van der Waals surface area contributed by atoms with Crippen LogP contribution in [0, 0.1) is 0 Å². The molecule has 0 heterocycles. The Morgan fingerprint density at radius 3 is 2.53 bits per heavy atom. The minimum absolute atomic E-state index is 0.310. The van der Waals surface area contributed by atoms with Crippen LogP contribution in [0.1, 0.15) is 32.8 Å². The second-order valence-electron chi connectivity index (χ2n) is 4.62. The van der Waals surface area contributed by atoms with Crippen LogP contribution in [0.3, 0.4) is 0 Å². The van der Waals surface area contributed by atoms with E-state index in [4.69, 9.17) is 5.11 Å². The van der Waals surface area contributed by atoms with Crippen LogP contribution in [0.5, 0.6) is 0 Å². The minimum atomic E-state index is -1.26. The normalized spacial score (nSPS) is 13.4. The zero-order chi connectivity index (χ0) is 14.5. The molecule has 1 aromatic rings. The highest BCUT2D eigenvalue weighted by molar-refractivity contribution is 5.93. The van der Waals surface area contributed by atoms with Crippen molar-refractivity contribution in [2.24, 2.45) is 0 Å². The van der Waals surface area contributed by atoms with E-state index in [1.165, 1.54) is 6.92 Å². The van der Waals surface area contributed by atoms with Gasteiger partial charge >= 0.3 is 12.0 Å². The largest absolute Gasteiger partial charge is 0.480 e. The topological polar surface area (TPSA) is 78.4 Å². The highest BCUT2D eigenvalue weighted by Crippen LogP contribution is 2.13. The Bertz CT molecular complexity index is 474. The van der Waals surface area contributed by atoms with Crippen molar-refractivity contribution in [1.29, 1.82) is 0 Å². The molecule has 1 rings (SSSR count). The number of carboxylic acids is 1. The van der Waals surface area contributed by atoms with Gasteiger partial charge in [0.25, 0.3) is 0 Å². The Labute approximate surface area is 113 Å². The molecule has 0 spiro atoms. The van der Waals surface area contributed by atoms with Crippen molar-refractivity contribution in [3.05, 3.63) is 29.8 Å². The van der Waals surface area contributed by atoms with Crippen LogP contribution in [0.25, 0.3) is 0 Å². The molecule has 19 heavy (non-hydrogen) atoms. The van der Waals surface area contributed by atoms with Crippen molar-refractivity contribution in [2.45, 2.75) is 39.2 Å². The van der Waals surface area contributed by atoms with Gasteiger partial charge in [0.2, 0.25) is 0 Å². The van der Waals surface area contributed by atoms with Gasteiger partial charge in [-0.1, -0.05) is 26.0 Å². The fourth-order valence-corrected chi connectivity index (χ4v) is 1.58. The summed E-state index contributed by atoms with van der Waals surface area (Å²) in [5.41, 5.74) is 0.502. The molecule has 0 radical (unpaired) electrons. The standard InChI is InChI=1S/C14H20N2O3/c1-4-10-7-6-8-11(9-10)15-13(19)16-14(3,5-2)12(17)18/h6-9H,4-5H2,1-3H3,(H,17,18)(H2,15,16,19). The Balaban J connectivity index is 2.72. The van der Waals surface area contributed by atoms with Crippen LogP contribution >= 0.6 is 0 Å². The Kier molecular flexibility index (Phi) is 4.92.